The molecule has 2 rings (SSSR count). The van der Waals surface area contributed by atoms with Crippen molar-refractivity contribution in [3.05, 3.63) is 24.3 Å². The highest BCUT2D eigenvalue weighted by Gasteiger charge is 2.51. The van der Waals surface area contributed by atoms with Gasteiger partial charge in [0.15, 0.2) is 9.84 Å². The highest BCUT2D eigenvalue weighted by molar-refractivity contribution is 7.90. The number of rotatable bonds is 6. The van der Waals surface area contributed by atoms with Gasteiger partial charge in [-0.15, -0.1) is 0 Å². The zero-order valence-corrected chi connectivity index (χ0v) is 14.0. The molecule has 0 aliphatic heterocycles. The lowest BCUT2D eigenvalue weighted by atomic mass is 9.61. The molecule has 1 aliphatic carbocycles. The monoisotopic (exact) mass is 311 g/mol. The number of hydrogen-bond acceptors (Lipinski definition) is 4. The summed E-state index contributed by atoms with van der Waals surface area (Å²) in [6.45, 7) is 7.09. The van der Waals surface area contributed by atoms with Crippen LogP contribution in [0.2, 0.25) is 0 Å². The Morgan fingerprint density at radius 2 is 2.00 bits per heavy atom. The first-order valence-corrected chi connectivity index (χ1v) is 9.39. The zero-order valence-electron chi connectivity index (χ0n) is 13.2. The molecular formula is C16H25NO3S. The molecule has 1 aromatic rings. The fraction of sp³-hybridized carbons (Fsp3) is 0.625. The average Bonchev–Trinajstić information content (AvgIpc) is 2.44. The van der Waals surface area contributed by atoms with Gasteiger partial charge in [0, 0.05) is 24.3 Å². The summed E-state index contributed by atoms with van der Waals surface area (Å²) in [5.74, 6) is 0. The Balaban J connectivity index is 2.21. The van der Waals surface area contributed by atoms with Gasteiger partial charge >= 0.3 is 0 Å². The van der Waals surface area contributed by atoms with Crippen LogP contribution in [0, 0.1) is 5.41 Å². The molecule has 1 N–H and O–H groups in total. The number of ether oxygens (including phenoxy) is 1. The molecule has 5 heteroatoms. The molecular weight excluding hydrogens is 286 g/mol. The van der Waals surface area contributed by atoms with Crippen LogP contribution in [-0.2, 0) is 14.6 Å². The molecule has 0 spiro atoms. The molecule has 1 aliphatic rings. The molecule has 0 bridgehead atoms. The molecule has 0 saturated heterocycles. The minimum absolute atomic E-state index is 0.0423. The Hall–Kier alpha value is -1.07. The van der Waals surface area contributed by atoms with E-state index in [1.807, 2.05) is 19.1 Å². The molecule has 21 heavy (non-hydrogen) atoms. The van der Waals surface area contributed by atoms with Crippen LogP contribution in [0.15, 0.2) is 29.2 Å². The second kappa shape index (κ2) is 5.97. The predicted molar refractivity (Wildman–Crippen MR) is 85.4 cm³/mol. The number of sulfone groups is 1. The van der Waals surface area contributed by atoms with E-state index in [1.54, 1.807) is 12.1 Å². The van der Waals surface area contributed by atoms with E-state index in [0.29, 0.717) is 17.2 Å². The Morgan fingerprint density at radius 1 is 1.33 bits per heavy atom. The van der Waals surface area contributed by atoms with Crippen molar-refractivity contribution in [1.29, 1.82) is 0 Å². The number of benzene rings is 1. The van der Waals surface area contributed by atoms with Gasteiger partial charge in [-0.2, -0.15) is 0 Å². The van der Waals surface area contributed by atoms with E-state index in [-0.39, 0.29) is 17.6 Å². The molecule has 4 nitrogen and oxygen atoms in total. The van der Waals surface area contributed by atoms with Crippen molar-refractivity contribution in [2.45, 2.75) is 50.7 Å². The van der Waals surface area contributed by atoms with Gasteiger partial charge in [0.05, 0.1) is 16.7 Å². The quantitative estimate of drug-likeness (QED) is 0.877. The maximum Gasteiger partial charge on any atom is 0.177 e. The molecule has 3 unspecified atom stereocenters. The van der Waals surface area contributed by atoms with E-state index in [1.165, 1.54) is 6.26 Å². The maximum atomic E-state index is 11.9. The van der Waals surface area contributed by atoms with Gasteiger partial charge in [-0.1, -0.05) is 26.0 Å². The van der Waals surface area contributed by atoms with Crippen LogP contribution in [0.5, 0.6) is 0 Å². The van der Waals surface area contributed by atoms with Crippen molar-refractivity contribution in [2.24, 2.45) is 5.41 Å². The van der Waals surface area contributed by atoms with Gasteiger partial charge < -0.3 is 10.1 Å². The number of nitrogens with one attached hydrogen (secondary N) is 1. The molecule has 0 heterocycles. The standard InChI is InChI=1S/C16H25NO3S/c1-5-16(3)14(11-15(16)20-6-2)17-12-9-7-8-10-13(12)21(4,18)19/h7-10,14-15,17H,5-6,11H2,1-4H3. The van der Waals surface area contributed by atoms with E-state index in [2.05, 4.69) is 19.2 Å². The van der Waals surface area contributed by atoms with Crippen LogP contribution >= 0.6 is 0 Å². The Kier molecular flexibility index (Phi) is 4.63. The predicted octanol–water partition coefficient (Wildman–Crippen LogP) is 3.10. The summed E-state index contributed by atoms with van der Waals surface area (Å²) in [5.41, 5.74) is 0.736. The summed E-state index contributed by atoms with van der Waals surface area (Å²) in [7, 11) is -3.22. The van der Waals surface area contributed by atoms with Crippen molar-refractivity contribution in [2.75, 3.05) is 18.2 Å². The van der Waals surface area contributed by atoms with Crippen molar-refractivity contribution in [3.63, 3.8) is 0 Å². The van der Waals surface area contributed by atoms with Crippen LogP contribution in [0.4, 0.5) is 5.69 Å². The molecule has 0 radical (unpaired) electrons. The second-order valence-electron chi connectivity index (χ2n) is 6.00. The van der Waals surface area contributed by atoms with Crippen molar-refractivity contribution < 1.29 is 13.2 Å². The summed E-state index contributed by atoms with van der Waals surface area (Å²) < 4.78 is 29.5. The van der Waals surface area contributed by atoms with E-state index >= 15 is 0 Å². The minimum atomic E-state index is -3.22. The summed E-state index contributed by atoms with van der Waals surface area (Å²) in [6.07, 6.45) is 3.40. The number of hydrogen-bond donors (Lipinski definition) is 1. The number of para-hydroxylation sites is 1. The molecule has 1 aromatic carbocycles. The SMILES string of the molecule is CCOC1CC(Nc2ccccc2S(C)(=O)=O)C1(C)CC. The lowest BCUT2D eigenvalue weighted by Gasteiger charge is -2.54. The van der Waals surface area contributed by atoms with Crippen LogP contribution in [0.3, 0.4) is 0 Å². The Morgan fingerprint density at radius 3 is 2.57 bits per heavy atom. The van der Waals surface area contributed by atoms with E-state index < -0.39 is 9.84 Å². The third-order valence-electron chi connectivity index (χ3n) is 4.73. The Bertz CT molecular complexity index is 599. The van der Waals surface area contributed by atoms with Gasteiger partial charge in [0.1, 0.15) is 0 Å². The van der Waals surface area contributed by atoms with Crippen LogP contribution in [0.1, 0.15) is 33.6 Å². The molecule has 118 valence electrons. The summed E-state index contributed by atoms with van der Waals surface area (Å²) in [5, 5.41) is 3.42. The first-order chi connectivity index (χ1) is 9.82. The topological polar surface area (TPSA) is 55.4 Å². The maximum absolute atomic E-state index is 11.9. The lowest BCUT2D eigenvalue weighted by Crippen LogP contribution is -2.59. The van der Waals surface area contributed by atoms with E-state index in [9.17, 15) is 8.42 Å². The molecule has 0 aromatic heterocycles. The minimum Gasteiger partial charge on any atom is -0.381 e. The van der Waals surface area contributed by atoms with Crippen molar-refractivity contribution in [3.8, 4) is 0 Å². The first-order valence-electron chi connectivity index (χ1n) is 7.50. The lowest BCUT2D eigenvalue weighted by molar-refractivity contribution is -0.109. The number of anilines is 1. The van der Waals surface area contributed by atoms with E-state index in [0.717, 1.165) is 12.8 Å². The zero-order chi connectivity index (χ0) is 15.7. The van der Waals surface area contributed by atoms with E-state index in [4.69, 9.17) is 4.74 Å². The van der Waals surface area contributed by atoms with Crippen LogP contribution in [0.25, 0.3) is 0 Å². The summed E-state index contributed by atoms with van der Waals surface area (Å²) in [6, 6.07) is 7.34. The second-order valence-corrected chi connectivity index (χ2v) is 7.99. The van der Waals surface area contributed by atoms with Crippen molar-refractivity contribution >= 4 is 15.5 Å². The molecule has 1 fully saturated rings. The van der Waals surface area contributed by atoms with Gasteiger partial charge in [0.25, 0.3) is 0 Å². The van der Waals surface area contributed by atoms with Gasteiger partial charge in [-0.05, 0) is 31.9 Å². The smallest absolute Gasteiger partial charge is 0.177 e. The molecule has 1 saturated carbocycles. The third kappa shape index (κ3) is 3.09. The first kappa shape index (κ1) is 16.3. The molecule has 0 amide bonds. The van der Waals surface area contributed by atoms with Gasteiger partial charge in [0.2, 0.25) is 0 Å². The largest absolute Gasteiger partial charge is 0.381 e. The molecule has 3 atom stereocenters. The van der Waals surface area contributed by atoms with Crippen molar-refractivity contribution in [1.82, 2.24) is 0 Å². The fourth-order valence-electron chi connectivity index (χ4n) is 3.07. The van der Waals surface area contributed by atoms with Crippen LogP contribution < -0.4 is 5.32 Å². The van der Waals surface area contributed by atoms with Gasteiger partial charge in [-0.25, -0.2) is 8.42 Å². The van der Waals surface area contributed by atoms with Gasteiger partial charge in [-0.3, -0.25) is 0 Å². The highest BCUT2D eigenvalue weighted by Crippen LogP contribution is 2.47. The highest BCUT2D eigenvalue weighted by atomic mass is 32.2. The Labute approximate surface area is 127 Å². The fourth-order valence-corrected chi connectivity index (χ4v) is 3.92. The third-order valence-corrected chi connectivity index (χ3v) is 5.88. The average molecular weight is 311 g/mol. The van der Waals surface area contributed by atoms with Crippen LogP contribution in [-0.4, -0.2) is 33.4 Å². The normalized spacial score (nSPS) is 29.0. The summed E-state index contributed by atoms with van der Waals surface area (Å²) in [4.78, 5) is 0.364. The summed E-state index contributed by atoms with van der Waals surface area (Å²) >= 11 is 0.